The molecule has 2 aromatic heterocycles. The van der Waals surface area contributed by atoms with Crippen molar-refractivity contribution in [1.82, 2.24) is 14.3 Å². The monoisotopic (exact) mass is 321 g/mol. The van der Waals surface area contributed by atoms with Crippen LogP contribution in [0.15, 0.2) is 24.4 Å². The van der Waals surface area contributed by atoms with Crippen molar-refractivity contribution >= 4 is 11.4 Å². The number of aromatic nitrogens is 2. The first kappa shape index (κ1) is 14.6. The smallest absolute Gasteiger partial charge is 0.335 e. The van der Waals surface area contributed by atoms with Crippen LogP contribution < -0.4 is 0 Å². The van der Waals surface area contributed by atoms with Gasteiger partial charge in [-0.3, -0.25) is 4.79 Å². The van der Waals surface area contributed by atoms with Crippen molar-refractivity contribution in [3.8, 4) is 0 Å². The van der Waals surface area contributed by atoms with Gasteiger partial charge in [0.2, 0.25) is 0 Å². The minimum atomic E-state index is -2.80. The van der Waals surface area contributed by atoms with E-state index in [1.54, 1.807) is 4.90 Å². The van der Waals surface area contributed by atoms with E-state index in [1.165, 1.54) is 0 Å². The molecule has 0 bridgehead atoms. The van der Waals surface area contributed by atoms with Gasteiger partial charge in [0.25, 0.3) is 5.91 Å². The molecule has 0 unspecified atom stereocenters. The molecule has 3 heterocycles. The topological polar surface area (TPSA) is 46.8 Å². The fraction of sp³-hybridized carbons (Fsp3) is 0.500. The number of amides is 1. The summed E-state index contributed by atoms with van der Waals surface area (Å²) in [5.74, 6) is 1.13. The number of ether oxygens (including phenoxy) is 1. The van der Waals surface area contributed by atoms with Gasteiger partial charge in [0.15, 0.2) is 5.69 Å². The molecule has 7 heteroatoms. The van der Waals surface area contributed by atoms with Gasteiger partial charge in [0, 0.05) is 25.2 Å². The average Bonchev–Trinajstić information content (AvgIpc) is 3.15. The molecule has 122 valence electrons. The van der Waals surface area contributed by atoms with Crippen LogP contribution in [-0.4, -0.2) is 46.0 Å². The van der Waals surface area contributed by atoms with Crippen LogP contribution in [0, 0.1) is 0 Å². The van der Waals surface area contributed by atoms with Gasteiger partial charge in [-0.15, -0.1) is 0 Å². The van der Waals surface area contributed by atoms with Crippen LogP contribution in [0.3, 0.4) is 0 Å². The van der Waals surface area contributed by atoms with Crippen LogP contribution in [-0.2, 0) is 4.74 Å². The van der Waals surface area contributed by atoms with Crippen molar-refractivity contribution in [2.45, 2.75) is 37.9 Å². The van der Waals surface area contributed by atoms with E-state index in [0.29, 0.717) is 24.6 Å². The van der Waals surface area contributed by atoms with Gasteiger partial charge in [0.1, 0.15) is 5.82 Å². The average molecular weight is 321 g/mol. The Morgan fingerprint density at radius 1 is 1.30 bits per heavy atom. The standard InChI is InChI=1S/C16H17F2N3O2/c17-16(18)23-11-6-8-20(9-11)15(22)13-12-3-1-2-7-21(12)14(19-13)10-4-5-10/h1-3,7,10-11,16H,4-6,8-9H2/t11-/m0/s1. The first-order valence-corrected chi connectivity index (χ1v) is 7.83. The molecule has 2 aromatic rings. The molecule has 23 heavy (non-hydrogen) atoms. The Balaban J connectivity index is 1.61. The van der Waals surface area contributed by atoms with E-state index in [2.05, 4.69) is 9.72 Å². The number of carbonyl (C=O) groups excluding carboxylic acids is 1. The van der Waals surface area contributed by atoms with Crippen LogP contribution in [0.2, 0.25) is 0 Å². The molecule has 2 aliphatic rings. The number of alkyl halides is 2. The highest BCUT2D eigenvalue weighted by Crippen LogP contribution is 2.40. The number of halogens is 2. The lowest BCUT2D eigenvalue weighted by Crippen LogP contribution is -2.31. The number of likely N-dealkylation sites (tertiary alicyclic amines) is 1. The van der Waals surface area contributed by atoms with Crippen LogP contribution >= 0.6 is 0 Å². The fourth-order valence-electron chi connectivity index (χ4n) is 3.17. The van der Waals surface area contributed by atoms with E-state index in [9.17, 15) is 13.6 Å². The Kier molecular flexibility index (Phi) is 3.52. The second-order valence-electron chi connectivity index (χ2n) is 6.11. The highest BCUT2D eigenvalue weighted by Gasteiger charge is 2.34. The summed E-state index contributed by atoms with van der Waals surface area (Å²) in [6.07, 6.45) is 3.93. The first-order valence-electron chi connectivity index (χ1n) is 7.83. The quantitative estimate of drug-likeness (QED) is 0.870. The Labute approximate surface area is 131 Å². The number of rotatable bonds is 4. The van der Waals surface area contributed by atoms with Gasteiger partial charge in [0.05, 0.1) is 11.6 Å². The summed E-state index contributed by atoms with van der Waals surface area (Å²) in [4.78, 5) is 18.9. The van der Waals surface area contributed by atoms with Crippen molar-refractivity contribution in [3.63, 3.8) is 0 Å². The third kappa shape index (κ3) is 2.69. The van der Waals surface area contributed by atoms with Gasteiger partial charge in [-0.05, 0) is 31.4 Å². The number of hydrogen-bond donors (Lipinski definition) is 0. The molecule has 4 rings (SSSR count). The van der Waals surface area contributed by atoms with E-state index in [4.69, 9.17) is 0 Å². The van der Waals surface area contributed by atoms with E-state index >= 15 is 0 Å². The zero-order chi connectivity index (χ0) is 16.0. The zero-order valence-corrected chi connectivity index (χ0v) is 12.5. The Bertz CT molecular complexity index is 742. The highest BCUT2D eigenvalue weighted by molar-refractivity contribution is 5.99. The highest BCUT2D eigenvalue weighted by atomic mass is 19.3. The molecule has 1 saturated heterocycles. The molecule has 1 aliphatic carbocycles. The van der Waals surface area contributed by atoms with Crippen molar-refractivity contribution < 1.29 is 18.3 Å². The molecule has 0 aromatic carbocycles. The zero-order valence-electron chi connectivity index (χ0n) is 12.5. The van der Waals surface area contributed by atoms with Crippen LogP contribution in [0.1, 0.15) is 41.5 Å². The fourth-order valence-corrected chi connectivity index (χ4v) is 3.17. The molecule has 2 fully saturated rings. The van der Waals surface area contributed by atoms with Crippen LogP contribution in [0.25, 0.3) is 5.52 Å². The maximum atomic E-state index is 12.8. The molecule has 5 nitrogen and oxygen atoms in total. The normalized spacial score (nSPS) is 21.5. The third-order valence-electron chi connectivity index (χ3n) is 4.45. The third-order valence-corrected chi connectivity index (χ3v) is 4.45. The lowest BCUT2D eigenvalue weighted by Gasteiger charge is -2.15. The number of imidazole rings is 1. The summed E-state index contributed by atoms with van der Waals surface area (Å²) >= 11 is 0. The summed E-state index contributed by atoms with van der Waals surface area (Å²) < 4.78 is 31.1. The van der Waals surface area contributed by atoms with Crippen LogP contribution in [0.5, 0.6) is 0 Å². The van der Waals surface area contributed by atoms with Crippen molar-refractivity contribution in [3.05, 3.63) is 35.9 Å². The maximum Gasteiger partial charge on any atom is 0.345 e. The molecule has 0 N–H and O–H groups in total. The molecular weight excluding hydrogens is 304 g/mol. The lowest BCUT2D eigenvalue weighted by atomic mass is 10.3. The molecule has 0 radical (unpaired) electrons. The minimum Gasteiger partial charge on any atom is -0.335 e. The van der Waals surface area contributed by atoms with Gasteiger partial charge in [-0.2, -0.15) is 8.78 Å². The molecule has 1 atom stereocenters. The van der Waals surface area contributed by atoms with Gasteiger partial charge in [-0.1, -0.05) is 6.07 Å². The van der Waals surface area contributed by atoms with Crippen LogP contribution in [0.4, 0.5) is 8.78 Å². The summed E-state index contributed by atoms with van der Waals surface area (Å²) in [5.41, 5.74) is 1.18. The molecule has 0 spiro atoms. The predicted octanol–water partition coefficient (Wildman–Crippen LogP) is 2.67. The lowest BCUT2D eigenvalue weighted by molar-refractivity contribution is -0.158. The molecular formula is C16H17F2N3O2. The number of nitrogens with zero attached hydrogens (tertiary/aromatic N) is 3. The summed E-state index contributed by atoms with van der Waals surface area (Å²) in [6.45, 7) is -2.20. The van der Waals surface area contributed by atoms with Gasteiger partial charge >= 0.3 is 6.61 Å². The predicted molar refractivity (Wildman–Crippen MR) is 78.6 cm³/mol. The van der Waals surface area contributed by atoms with Crippen molar-refractivity contribution in [2.24, 2.45) is 0 Å². The molecule has 1 aliphatic heterocycles. The Morgan fingerprint density at radius 2 is 2.13 bits per heavy atom. The number of hydrogen-bond acceptors (Lipinski definition) is 3. The van der Waals surface area contributed by atoms with E-state index in [1.807, 2.05) is 28.8 Å². The van der Waals surface area contributed by atoms with E-state index in [-0.39, 0.29) is 12.5 Å². The van der Waals surface area contributed by atoms with Crippen molar-refractivity contribution in [2.75, 3.05) is 13.1 Å². The second-order valence-corrected chi connectivity index (χ2v) is 6.11. The van der Waals surface area contributed by atoms with Gasteiger partial charge < -0.3 is 14.0 Å². The van der Waals surface area contributed by atoms with Crippen molar-refractivity contribution in [1.29, 1.82) is 0 Å². The second kappa shape index (κ2) is 5.56. The number of fused-ring (bicyclic) bond motifs is 1. The summed E-state index contributed by atoms with van der Waals surface area (Å²) in [5, 5.41) is 0. The molecule has 1 saturated carbocycles. The largest absolute Gasteiger partial charge is 0.345 e. The molecule has 1 amide bonds. The number of carbonyl (C=O) groups is 1. The maximum absolute atomic E-state index is 12.8. The SMILES string of the molecule is O=C(c1nc(C2CC2)n2ccccc12)N1CC[C@H](OC(F)F)C1. The summed E-state index contributed by atoms with van der Waals surface area (Å²) in [7, 11) is 0. The van der Waals surface area contributed by atoms with Gasteiger partial charge in [-0.25, -0.2) is 4.98 Å². The number of pyridine rings is 1. The summed E-state index contributed by atoms with van der Waals surface area (Å²) in [6, 6.07) is 5.66. The first-order chi connectivity index (χ1) is 11.1. The minimum absolute atomic E-state index is 0.188. The Hall–Kier alpha value is -2.02. The Morgan fingerprint density at radius 3 is 2.87 bits per heavy atom. The van der Waals surface area contributed by atoms with E-state index < -0.39 is 12.7 Å². The van der Waals surface area contributed by atoms with E-state index in [0.717, 1.165) is 24.2 Å².